The van der Waals surface area contributed by atoms with Gasteiger partial charge in [0.25, 0.3) is 10.0 Å². The lowest BCUT2D eigenvalue weighted by molar-refractivity contribution is 0.476. The number of thiol groups is 1. The van der Waals surface area contributed by atoms with E-state index in [-0.39, 0.29) is 4.21 Å². The van der Waals surface area contributed by atoms with Gasteiger partial charge >= 0.3 is 0 Å². The van der Waals surface area contributed by atoms with Crippen molar-refractivity contribution in [2.75, 3.05) is 0 Å². The van der Waals surface area contributed by atoms with Gasteiger partial charge in [-0.15, -0.1) is 11.3 Å². The first-order valence-corrected chi connectivity index (χ1v) is 9.76. The first kappa shape index (κ1) is 16.3. The summed E-state index contributed by atoms with van der Waals surface area (Å²) in [5.41, 5.74) is 1.70. The highest BCUT2D eigenvalue weighted by Crippen LogP contribution is 2.36. The summed E-state index contributed by atoms with van der Waals surface area (Å²) in [5.74, 6) is 0. The predicted molar refractivity (Wildman–Crippen MR) is 97.1 cm³/mol. The fourth-order valence-corrected chi connectivity index (χ4v) is 5.38. The van der Waals surface area contributed by atoms with Gasteiger partial charge in [-0.2, -0.15) is 8.42 Å². The molecule has 0 saturated heterocycles. The summed E-state index contributed by atoms with van der Waals surface area (Å²) < 4.78 is 40.9. The molecule has 0 aliphatic carbocycles. The zero-order valence-corrected chi connectivity index (χ0v) is 15.1. The van der Waals surface area contributed by atoms with Gasteiger partial charge in [-0.1, -0.05) is 12.8 Å². The highest BCUT2D eigenvalue weighted by Gasteiger charge is 2.20. The summed E-state index contributed by atoms with van der Waals surface area (Å²) in [6.45, 7) is -0.663. The van der Waals surface area contributed by atoms with Gasteiger partial charge in [0, 0.05) is 34.4 Å². The van der Waals surface area contributed by atoms with Crippen LogP contribution in [-0.4, -0.2) is 26.3 Å². The summed E-state index contributed by atoms with van der Waals surface area (Å²) in [6.07, 6.45) is 5.63. The van der Waals surface area contributed by atoms with Crippen LogP contribution in [0.1, 0.15) is 5.69 Å². The fraction of sp³-hybridized carbons (Fsp3) is 0.0667. The van der Waals surface area contributed by atoms with Gasteiger partial charge in [0.2, 0.25) is 0 Å². The highest BCUT2D eigenvalue weighted by molar-refractivity contribution is 7.92. The molecule has 0 unspecified atom stereocenters. The zero-order chi connectivity index (χ0) is 17.6. The van der Waals surface area contributed by atoms with Crippen molar-refractivity contribution in [3.05, 3.63) is 54.9 Å². The predicted octanol–water partition coefficient (Wildman–Crippen LogP) is 3.36. The lowest BCUT2D eigenvalue weighted by atomic mass is 10.1. The minimum Gasteiger partial charge on any atom is -0.272 e. The Morgan fingerprint density at radius 1 is 1.24 bits per heavy atom. The van der Waals surface area contributed by atoms with Crippen LogP contribution in [0, 0.1) is 0 Å². The topological polar surface area (TPSA) is 69.8 Å². The van der Waals surface area contributed by atoms with E-state index in [9.17, 15) is 12.8 Å². The molecule has 0 spiro atoms. The van der Waals surface area contributed by atoms with Crippen LogP contribution >= 0.6 is 24.2 Å². The van der Waals surface area contributed by atoms with E-state index in [0.717, 1.165) is 31.1 Å². The second-order valence-corrected chi connectivity index (χ2v) is 8.75. The van der Waals surface area contributed by atoms with Crippen LogP contribution in [0.25, 0.3) is 21.5 Å². The van der Waals surface area contributed by atoms with Crippen molar-refractivity contribution in [2.45, 2.75) is 10.9 Å². The average molecular weight is 394 g/mol. The third kappa shape index (κ3) is 2.57. The molecule has 0 aliphatic heterocycles. The van der Waals surface area contributed by atoms with E-state index in [2.05, 4.69) is 22.8 Å². The SMILES string of the molecule is O=S(=O)(c1ccc(-c2ccnc3c2cc(CF)n3S)s1)n1ccnc1. The number of halogens is 1. The van der Waals surface area contributed by atoms with E-state index in [1.54, 1.807) is 30.5 Å². The molecule has 10 heteroatoms. The number of hydrogen-bond acceptors (Lipinski definition) is 6. The number of imidazole rings is 1. The number of fused-ring (bicyclic) bond motifs is 1. The largest absolute Gasteiger partial charge is 0.278 e. The number of aromatic nitrogens is 4. The Morgan fingerprint density at radius 2 is 2.08 bits per heavy atom. The summed E-state index contributed by atoms with van der Waals surface area (Å²) in [5, 5.41) is 0.721. The molecule has 0 bridgehead atoms. The van der Waals surface area contributed by atoms with E-state index in [0.29, 0.717) is 11.3 Å². The molecule has 0 aromatic carbocycles. The second kappa shape index (κ2) is 5.97. The number of pyridine rings is 1. The summed E-state index contributed by atoms with van der Waals surface area (Å²) >= 11 is 5.39. The van der Waals surface area contributed by atoms with E-state index in [4.69, 9.17) is 0 Å². The normalized spacial score (nSPS) is 12.1. The van der Waals surface area contributed by atoms with Crippen molar-refractivity contribution in [3.8, 4) is 10.4 Å². The van der Waals surface area contributed by atoms with Gasteiger partial charge in [0.15, 0.2) is 5.65 Å². The molecule has 0 radical (unpaired) electrons. The van der Waals surface area contributed by atoms with E-state index >= 15 is 0 Å². The maximum Gasteiger partial charge on any atom is 0.278 e. The fourth-order valence-electron chi connectivity index (χ4n) is 2.54. The van der Waals surface area contributed by atoms with E-state index in [1.165, 1.54) is 22.7 Å². The van der Waals surface area contributed by atoms with Crippen LogP contribution < -0.4 is 0 Å². The van der Waals surface area contributed by atoms with Crippen LogP contribution in [0.3, 0.4) is 0 Å². The molecule has 25 heavy (non-hydrogen) atoms. The van der Waals surface area contributed by atoms with Crippen molar-refractivity contribution in [1.82, 2.24) is 17.9 Å². The summed E-state index contributed by atoms with van der Waals surface area (Å²) in [6, 6.07) is 6.73. The Morgan fingerprint density at radius 3 is 2.80 bits per heavy atom. The molecule has 6 nitrogen and oxygen atoms in total. The first-order chi connectivity index (χ1) is 12.0. The van der Waals surface area contributed by atoms with Gasteiger partial charge in [0.1, 0.15) is 17.2 Å². The van der Waals surface area contributed by atoms with Crippen LogP contribution in [-0.2, 0) is 16.7 Å². The lowest BCUT2D eigenvalue weighted by Crippen LogP contribution is -2.08. The first-order valence-electron chi connectivity index (χ1n) is 7.10. The van der Waals surface area contributed by atoms with Crippen LogP contribution in [0.2, 0.25) is 0 Å². The molecule has 128 valence electrons. The summed E-state index contributed by atoms with van der Waals surface area (Å²) in [4.78, 5) is 8.75. The molecule has 4 rings (SSSR count). The third-order valence-electron chi connectivity index (χ3n) is 3.75. The second-order valence-electron chi connectivity index (χ2n) is 5.19. The van der Waals surface area contributed by atoms with Gasteiger partial charge in [0.05, 0.1) is 5.69 Å². The lowest BCUT2D eigenvalue weighted by Gasteiger charge is -2.02. The third-order valence-corrected chi connectivity index (χ3v) is 7.41. The highest BCUT2D eigenvalue weighted by atomic mass is 32.2. The standard InChI is InChI=1S/C15H11FN4O2S3/c16-8-10-7-12-11(3-4-18-15(12)20(10)23)13-1-2-14(24-13)25(21,22)19-6-5-17-9-19/h1-7,9,23H,8H2. The molecular weight excluding hydrogens is 383 g/mol. The van der Waals surface area contributed by atoms with Gasteiger partial charge in [-0.3, -0.25) is 3.97 Å². The minimum atomic E-state index is -3.67. The average Bonchev–Trinajstić information content (AvgIpc) is 3.35. The monoisotopic (exact) mass is 394 g/mol. The number of hydrogen-bond donors (Lipinski definition) is 1. The molecule has 0 amide bonds. The Kier molecular flexibility index (Phi) is 3.89. The molecule has 0 atom stereocenters. The van der Waals surface area contributed by atoms with Crippen LogP contribution in [0.5, 0.6) is 0 Å². The maximum atomic E-state index is 13.1. The van der Waals surface area contributed by atoms with Crippen molar-refractivity contribution in [3.63, 3.8) is 0 Å². The van der Waals surface area contributed by atoms with Gasteiger partial charge < -0.3 is 0 Å². The molecule has 0 saturated carbocycles. The maximum absolute atomic E-state index is 13.1. The summed E-state index contributed by atoms with van der Waals surface area (Å²) in [7, 11) is -3.67. The number of thiophene rings is 1. The molecule has 4 heterocycles. The van der Waals surface area contributed by atoms with Crippen molar-refractivity contribution >= 4 is 45.2 Å². The zero-order valence-electron chi connectivity index (χ0n) is 12.6. The Hall–Kier alpha value is -2.17. The van der Waals surface area contributed by atoms with Crippen LogP contribution in [0.15, 0.2) is 53.4 Å². The number of rotatable bonds is 4. The van der Waals surface area contributed by atoms with Crippen molar-refractivity contribution in [2.24, 2.45) is 0 Å². The van der Waals surface area contributed by atoms with E-state index < -0.39 is 16.7 Å². The number of alkyl halides is 1. The van der Waals surface area contributed by atoms with Crippen molar-refractivity contribution < 1.29 is 12.8 Å². The quantitative estimate of drug-likeness (QED) is 0.539. The molecule has 4 aromatic rings. The van der Waals surface area contributed by atoms with Gasteiger partial charge in [-0.25, -0.2) is 18.3 Å². The van der Waals surface area contributed by atoms with Gasteiger partial charge in [-0.05, 0) is 24.3 Å². The Bertz CT molecular complexity index is 1160. The minimum absolute atomic E-state index is 0.196. The molecule has 0 N–H and O–H groups in total. The number of nitrogens with zero attached hydrogens (tertiary/aromatic N) is 4. The molecular formula is C15H11FN4O2S3. The molecule has 0 fully saturated rings. The van der Waals surface area contributed by atoms with E-state index in [1.807, 2.05) is 0 Å². The smallest absolute Gasteiger partial charge is 0.272 e. The molecule has 0 aliphatic rings. The van der Waals surface area contributed by atoms with Crippen molar-refractivity contribution in [1.29, 1.82) is 0 Å². The Balaban J connectivity index is 1.85. The van der Waals surface area contributed by atoms with Crippen LogP contribution in [0.4, 0.5) is 4.39 Å². The molecule has 4 aromatic heterocycles. The Labute approximate surface area is 152 Å².